The Hall–Kier alpha value is -3.47. The van der Waals surface area contributed by atoms with E-state index in [-0.39, 0.29) is 5.91 Å². The fourth-order valence-electron chi connectivity index (χ4n) is 6.94. The Bertz CT molecular complexity index is 1260. The van der Waals surface area contributed by atoms with E-state index in [1.807, 2.05) is 24.3 Å². The van der Waals surface area contributed by atoms with Gasteiger partial charge in [-0.15, -0.1) is 0 Å². The van der Waals surface area contributed by atoms with Crippen molar-refractivity contribution in [1.29, 1.82) is 0 Å². The molecule has 172 valence electrons. The van der Waals surface area contributed by atoms with Crippen LogP contribution in [0.4, 0.5) is 11.4 Å². The van der Waals surface area contributed by atoms with Crippen molar-refractivity contribution in [2.24, 2.45) is 17.8 Å². The van der Waals surface area contributed by atoms with Crippen LogP contribution >= 0.6 is 0 Å². The lowest BCUT2D eigenvalue weighted by Crippen LogP contribution is -2.35. The molecular formula is C29H28N2O3. The minimum Gasteiger partial charge on any atom is -0.486 e. The molecule has 5 nitrogen and oxygen atoms in total. The van der Waals surface area contributed by atoms with Crippen LogP contribution in [0.15, 0.2) is 66.7 Å². The fourth-order valence-corrected chi connectivity index (χ4v) is 6.94. The van der Waals surface area contributed by atoms with E-state index in [2.05, 4.69) is 53.1 Å². The van der Waals surface area contributed by atoms with Crippen molar-refractivity contribution < 1.29 is 14.3 Å². The van der Waals surface area contributed by atoms with Crippen molar-refractivity contribution in [2.45, 2.75) is 31.2 Å². The van der Waals surface area contributed by atoms with Gasteiger partial charge in [0, 0.05) is 23.0 Å². The average molecular weight is 453 g/mol. The molecule has 2 N–H and O–H groups in total. The van der Waals surface area contributed by atoms with Gasteiger partial charge < -0.3 is 20.1 Å². The number of carbonyl (C=O) groups is 1. The van der Waals surface area contributed by atoms with E-state index in [1.165, 1.54) is 36.1 Å². The van der Waals surface area contributed by atoms with E-state index < -0.39 is 0 Å². The molecule has 3 aromatic carbocycles. The van der Waals surface area contributed by atoms with E-state index in [4.69, 9.17) is 9.47 Å². The minimum absolute atomic E-state index is 0.0932. The first-order valence-corrected chi connectivity index (χ1v) is 12.4. The van der Waals surface area contributed by atoms with Gasteiger partial charge in [0.2, 0.25) is 0 Å². The van der Waals surface area contributed by atoms with Crippen LogP contribution in [0.25, 0.3) is 0 Å². The highest BCUT2D eigenvalue weighted by molar-refractivity contribution is 6.05. The summed E-state index contributed by atoms with van der Waals surface area (Å²) in [6, 6.07) is 22.9. The average Bonchev–Trinajstić information content (AvgIpc) is 3.51. The second-order valence-corrected chi connectivity index (χ2v) is 10.1. The van der Waals surface area contributed by atoms with Crippen LogP contribution in [-0.2, 0) is 0 Å². The van der Waals surface area contributed by atoms with Gasteiger partial charge in [-0.1, -0.05) is 30.3 Å². The maximum atomic E-state index is 13.2. The predicted octanol–water partition coefficient (Wildman–Crippen LogP) is 6.01. The number of hydrogen-bond donors (Lipinski definition) is 2. The van der Waals surface area contributed by atoms with Crippen molar-refractivity contribution in [3.05, 3.63) is 83.4 Å². The molecule has 0 radical (unpaired) electrons. The van der Waals surface area contributed by atoms with Crippen LogP contribution in [-0.4, -0.2) is 19.1 Å². The molecule has 2 saturated carbocycles. The first-order valence-electron chi connectivity index (χ1n) is 12.4. The SMILES string of the molecule is O=C(Nc1ccc2c(c1)OCCO2)c1ccc2c(c1)[C@@H]1[C@H]3CC[C@@H](C3)[C@H]1[C@H](c1ccccc1)N2. The lowest BCUT2D eigenvalue weighted by atomic mass is 9.68. The number of hydrogen-bond acceptors (Lipinski definition) is 4. The maximum absolute atomic E-state index is 13.2. The number of nitrogens with one attached hydrogen (secondary N) is 2. The summed E-state index contributed by atoms with van der Waals surface area (Å²) in [6.45, 7) is 1.08. The fraction of sp³-hybridized carbons (Fsp3) is 0.345. The van der Waals surface area contributed by atoms with Crippen molar-refractivity contribution in [3.63, 3.8) is 0 Å². The summed E-state index contributed by atoms with van der Waals surface area (Å²) in [6.07, 6.45) is 3.95. The molecule has 2 aliphatic heterocycles. The highest BCUT2D eigenvalue weighted by atomic mass is 16.6. The standard InChI is InChI=1S/C29H28N2O3/c32-29(30-21-9-11-24-25(16-21)34-13-12-33-24)20-8-10-23-22(15-20)26-18-6-7-19(14-18)27(26)28(31-23)17-4-2-1-3-5-17/h1-5,8-11,15-16,18-19,26-28,31H,6-7,12-14H2,(H,30,32)/t18-,19-,26-,27+,28-/m0/s1. The van der Waals surface area contributed by atoms with Crippen LogP contribution in [0.5, 0.6) is 11.5 Å². The molecule has 5 heteroatoms. The Kier molecular flexibility index (Phi) is 4.57. The van der Waals surface area contributed by atoms with Crippen LogP contribution < -0.4 is 20.1 Å². The molecule has 0 spiro atoms. The molecule has 0 unspecified atom stereocenters. The molecule has 4 aliphatic rings. The number of rotatable bonds is 3. The third-order valence-electron chi connectivity index (χ3n) is 8.31. The third-order valence-corrected chi connectivity index (χ3v) is 8.31. The normalized spacial score (nSPS) is 27.9. The smallest absolute Gasteiger partial charge is 0.255 e. The van der Waals surface area contributed by atoms with Gasteiger partial charge in [0.25, 0.3) is 5.91 Å². The highest BCUT2D eigenvalue weighted by Gasteiger charge is 2.53. The van der Waals surface area contributed by atoms with Crippen molar-refractivity contribution in [2.75, 3.05) is 23.8 Å². The summed E-state index contributed by atoms with van der Waals surface area (Å²) < 4.78 is 11.3. The molecule has 3 aromatic rings. The van der Waals surface area contributed by atoms with E-state index >= 15 is 0 Å². The predicted molar refractivity (Wildman–Crippen MR) is 132 cm³/mol. The molecule has 2 aliphatic carbocycles. The number of carbonyl (C=O) groups excluding carboxylic acids is 1. The van der Waals surface area contributed by atoms with Gasteiger partial charge in [0.05, 0.1) is 6.04 Å². The molecule has 5 atom stereocenters. The number of ether oxygens (including phenoxy) is 2. The first-order chi connectivity index (χ1) is 16.7. The lowest BCUT2D eigenvalue weighted by molar-refractivity contribution is 0.102. The summed E-state index contributed by atoms with van der Waals surface area (Å²) in [5, 5.41) is 6.91. The molecule has 2 heterocycles. The second kappa shape index (κ2) is 7.79. The van der Waals surface area contributed by atoms with Crippen molar-refractivity contribution in [1.82, 2.24) is 0 Å². The largest absolute Gasteiger partial charge is 0.486 e. The molecule has 1 amide bonds. The molecule has 0 aromatic heterocycles. The number of anilines is 2. The quantitative estimate of drug-likeness (QED) is 0.511. The van der Waals surface area contributed by atoms with Gasteiger partial charge in [-0.3, -0.25) is 4.79 Å². The zero-order valence-corrected chi connectivity index (χ0v) is 19.0. The lowest BCUT2D eigenvalue weighted by Gasteiger charge is -2.43. The van der Waals surface area contributed by atoms with Crippen LogP contribution in [0.3, 0.4) is 0 Å². The molecule has 7 rings (SSSR count). The van der Waals surface area contributed by atoms with E-state index in [1.54, 1.807) is 0 Å². The number of benzene rings is 3. The second-order valence-electron chi connectivity index (χ2n) is 10.1. The van der Waals surface area contributed by atoms with Gasteiger partial charge in [0.15, 0.2) is 11.5 Å². The summed E-state index contributed by atoms with van der Waals surface area (Å²) in [5.41, 5.74) is 5.29. The van der Waals surface area contributed by atoms with Crippen LogP contribution in [0.1, 0.15) is 52.7 Å². The van der Waals surface area contributed by atoms with Crippen molar-refractivity contribution >= 4 is 17.3 Å². The van der Waals surface area contributed by atoms with Gasteiger partial charge >= 0.3 is 0 Å². The molecule has 2 fully saturated rings. The topological polar surface area (TPSA) is 59.6 Å². The van der Waals surface area contributed by atoms with Gasteiger partial charge in [-0.05, 0) is 84.4 Å². The summed E-state index contributed by atoms with van der Waals surface area (Å²) in [7, 11) is 0. The molecular weight excluding hydrogens is 424 g/mol. The Morgan fingerprint density at radius 3 is 2.59 bits per heavy atom. The summed E-state index contributed by atoms with van der Waals surface area (Å²) in [5.74, 6) is 3.89. The van der Waals surface area contributed by atoms with Crippen LogP contribution in [0, 0.1) is 17.8 Å². The third kappa shape index (κ3) is 3.17. The van der Waals surface area contributed by atoms with Crippen molar-refractivity contribution in [3.8, 4) is 11.5 Å². The van der Waals surface area contributed by atoms with Gasteiger partial charge in [-0.2, -0.15) is 0 Å². The van der Waals surface area contributed by atoms with Gasteiger partial charge in [0.1, 0.15) is 13.2 Å². The highest BCUT2D eigenvalue weighted by Crippen LogP contribution is 2.63. The molecule has 34 heavy (non-hydrogen) atoms. The van der Waals surface area contributed by atoms with E-state index in [0.717, 1.165) is 17.6 Å². The van der Waals surface area contributed by atoms with E-state index in [9.17, 15) is 4.79 Å². The Morgan fingerprint density at radius 2 is 1.71 bits per heavy atom. The zero-order chi connectivity index (χ0) is 22.6. The molecule has 0 saturated heterocycles. The zero-order valence-electron chi connectivity index (χ0n) is 19.0. The Balaban J connectivity index is 1.20. The van der Waals surface area contributed by atoms with Crippen LogP contribution in [0.2, 0.25) is 0 Å². The Labute approximate surface area is 199 Å². The molecule has 2 bridgehead atoms. The minimum atomic E-state index is -0.0932. The Morgan fingerprint density at radius 1 is 0.882 bits per heavy atom. The monoisotopic (exact) mass is 452 g/mol. The van der Waals surface area contributed by atoms with E-state index in [0.29, 0.717) is 48.1 Å². The number of fused-ring (bicyclic) bond motifs is 8. The maximum Gasteiger partial charge on any atom is 0.255 e. The number of amides is 1. The summed E-state index contributed by atoms with van der Waals surface area (Å²) >= 11 is 0. The van der Waals surface area contributed by atoms with Gasteiger partial charge in [-0.25, -0.2) is 0 Å². The first kappa shape index (κ1) is 20.0. The summed E-state index contributed by atoms with van der Waals surface area (Å²) in [4.78, 5) is 13.2.